The van der Waals surface area contributed by atoms with Gasteiger partial charge in [-0.3, -0.25) is 0 Å². The highest BCUT2D eigenvalue weighted by atomic mass is 79.9. The molecule has 0 saturated heterocycles. The molecule has 0 spiro atoms. The molecule has 1 unspecified atom stereocenters. The van der Waals surface area contributed by atoms with Crippen molar-refractivity contribution in [1.29, 1.82) is 0 Å². The summed E-state index contributed by atoms with van der Waals surface area (Å²) >= 11 is 17.4. The molecule has 0 bridgehead atoms. The number of thiophene rings is 1. The van der Waals surface area contributed by atoms with Crippen molar-refractivity contribution in [3.63, 3.8) is 0 Å². The van der Waals surface area contributed by atoms with E-state index in [0.717, 1.165) is 20.9 Å². The highest BCUT2D eigenvalue weighted by Crippen LogP contribution is 2.39. The van der Waals surface area contributed by atoms with Crippen LogP contribution in [0.5, 0.6) is 0 Å². The van der Waals surface area contributed by atoms with Crippen LogP contribution in [0.4, 0.5) is 0 Å². The fraction of sp³-hybridized carbons (Fsp3) is 0.286. The van der Waals surface area contributed by atoms with Crippen LogP contribution < -0.4 is 5.32 Å². The van der Waals surface area contributed by atoms with E-state index in [1.54, 1.807) is 0 Å². The van der Waals surface area contributed by atoms with E-state index in [1.165, 1.54) is 22.5 Å². The van der Waals surface area contributed by atoms with Crippen LogP contribution in [0.3, 0.4) is 0 Å². The van der Waals surface area contributed by atoms with Crippen LogP contribution in [0.2, 0.25) is 8.67 Å². The third-order valence-corrected chi connectivity index (χ3v) is 5.10. The third-order valence-electron chi connectivity index (χ3n) is 2.86. The zero-order valence-electron chi connectivity index (χ0n) is 10.6. The van der Waals surface area contributed by atoms with E-state index in [9.17, 15) is 0 Å². The molecule has 102 valence electrons. The first kappa shape index (κ1) is 15.3. The summed E-state index contributed by atoms with van der Waals surface area (Å²) in [5.74, 6) is 0. The third kappa shape index (κ3) is 3.53. The van der Waals surface area contributed by atoms with Crippen molar-refractivity contribution in [2.24, 2.45) is 0 Å². The maximum Gasteiger partial charge on any atom is 0.0995 e. The molecular weight excluding hydrogens is 365 g/mol. The molecule has 0 aliphatic carbocycles. The number of benzene rings is 1. The van der Waals surface area contributed by atoms with Gasteiger partial charge in [0.05, 0.1) is 14.7 Å². The van der Waals surface area contributed by atoms with E-state index in [4.69, 9.17) is 23.2 Å². The van der Waals surface area contributed by atoms with Gasteiger partial charge in [-0.2, -0.15) is 0 Å². The Labute approximate surface area is 136 Å². The van der Waals surface area contributed by atoms with Gasteiger partial charge in [0, 0.05) is 10.0 Å². The zero-order valence-corrected chi connectivity index (χ0v) is 14.6. The summed E-state index contributed by atoms with van der Waals surface area (Å²) in [5.41, 5.74) is 3.43. The van der Waals surface area contributed by atoms with Gasteiger partial charge >= 0.3 is 0 Å². The fourth-order valence-electron chi connectivity index (χ4n) is 2.03. The SMILES string of the molecule is CCNC(c1cc(C)ccc1Br)c1cc(Cl)sc1Cl. The Morgan fingerprint density at radius 1 is 1.26 bits per heavy atom. The number of rotatable bonds is 4. The summed E-state index contributed by atoms with van der Waals surface area (Å²) < 4.78 is 2.53. The molecule has 0 fully saturated rings. The quantitative estimate of drug-likeness (QED) is 0.706. The second kappa shape index (κ2) is 6.59. The van der Waals surface area contributed by atoms with E-state index in [-0.39, 0.29) is 6.04 Å². The Balaban J connectivity index is 2.51. The first-order chi connectivity index (χ1) is 9.02. The van der Waals surface area contributed by atoms with Crippen molar-refractivity contribution in [2.45, 2.75) is 19.9 Å². The van der Waals surface area contributed by atoms with E-state index < -0.39 is 0 Å². The van der Waals surface area contributed by atoms with Crippen molar-refractivity contribution >= 4 is 50.5 Å². The maximum atomic E-state index is 6.30. The van der Waals surface area contributed by atoms with Crippen LogP contribution in [0.1, 0.15) is 29.7 Å². The molecule has 1 N–H and O–H groups in total. The van der Waals surface area contributed by atoms with E-state index in [1.807, 2.05) is 6.07 Å². The molecule has 5 heteroatoms. The minimum atomic E-state index is 0.0514. The summed E-state index contributed by atoms with van der Waals surface area (Å²) in [6.45, 7) is 5.02. The number of aryl methyl sites for hydroxylation is 1. The molecule has 0 saturated carbocycles. The number of hydrogen-bond donors (Lipinski definition) is 1. The predicted molar refractivity (Wildman–Crippen MR) is 88.7 cm³/mol. The highest BCUT2D eigenvalue weighted by molar-refractivity contribution is 9.10. The smallest absolute Gasteiger partial charge is 0.0995 e. The Morgan fingerprint density at radius 3 is 2.58 bits per heavy atom. The van der Waals surface area contributed by atoms with Gasteiger partial charge in [-0.15, -0.1) is 11.3 Å². The Kier molecular flexibility index (Phi) is 5.32. The summed E-state index contributed by atoms with van der Waals surface area (Å²) in [7, 11) is 0. The van der Waals surface area contributed by atoms with Crippen LogP contribution >= 0.6 is 50.5 Å². The molecule has 0 aliphatic rings. The summed E-state index contributed by atoms with van der Waals surface area (Å²) in [6, 6.07) is 8.31. The Bertz CT molecular complexity index is 583. The molecule has 1 nitrogen and oxygen atoms in total. The largest absolute Gasteiger partial charge is 0.306 e. The van der Waals surface area contributed by atoms with Crippen molar-refractivity contribution < 1.29 is 0 Å². The topological polar surface area (TPSA) is 12.0 Å². The van der Waals surface area contributed by atoms with Crippen LogP contribution in [0.15, 0.2) is 28.7 Å². The lowest BCUT2D eigenvalue weighted by Crippen LogP contribution is -2.22. The van der Waals surface area contributed by atoms with Crippen molar-refractivity contribution in [1.82, 2.24) is 5.32 Å². The second-order valence-corrected chi connectivity index (χ2v) is 7.44. The molecule has 0 radical (unpaired) electrons. The maximum absolute atomic E-state index is 6.30. The van der Waals surface area contributed by atoms with E-state index in [2.05, 4.69) is 53.3 Å². The molecule has 1 aromatic heterocycles. The zero-order chi connectivity index (χ0) is 14.0. The summed E-state index contributed by atoms with van der Waals surface area (Å²) in [5, 5.41) is 3.47. The van der Waals surface area contributed by atoms with E-state index >= 15 is 0 Å². The summed E-state index contributed by atoms with van der Waals surface area (Å²) in [6.07, 6.45) is 0. The minimum absolute atomic E-state index is 0.0514. The molecule has 2 rings (SSSR count). The van der Waals surface area contributed by atoms with Crippen molar-refractivity contribution in [3.05, 3.63) is 54.1 Å². The monoisotopic (exact) mass is 377 g/mol. The van der Waals surface area contributed by atoms with Gasteiger partial charge in [0.2, 0.25) is 0 Å². The average Bonchev–Trinajstić information content (AvgIpc) is 2.69. The molecule has 1 heterocycles. The van der Waals surface area contributed by atoms with Gasteiger partial charge < -0.3 is 5.32 Å². The second-order valence-electron chi connectivity index (χ2n) is 4.30. The molecule has 0 amide bonds. The lowest BCUT2D eigenvalue weighted by molar-refractivity contribution is 0.630. The number of nitrogens with one attached hydrogen (secondary N) is 1. The van der Waals surface area contributed by atoms with Crippen molar-refractivity contribution in [2.75, 3.05) is 6.54 Å². The van der Waals surface area contributed by atoms with Crippen LogP contribution in [-0.2, 0) is 0 Å². The molecule has 1 atom stereocenters. The van der Waals surface area contributed by atoms with Gasteiger partial charge in [-0.05, 0) is 31.2 Å². The molecule has 1 aromatic carbocycles. The predicted octanol–water partition coefficient (Wildman–Crippen LogP) is 5.82. The highest BCUT2D eigenvalue weighted by Gasteiger charge is 2.20. The van der Waals surface area contributed by atoms with Gasteiger partial charge in [0.1, 0.15) is 0 Å². The van der Waals surface area contributed by atoms with Gasteiger partial charge in [0.15, 0.2) is 0 Å². The van der Waals surface area contributed by atoms with Crippen LogP contribution in [0.25, 0.3) is 0 Å². The van der Waals surface area contributed by atoms with Gasteiger partial charge in [0.25, 0.3) is 0 Å². The first-order valence-electron chi connectivity index (χ1n) is 5.97. The van der Waals surface area contributed by atoms with Gasteiger partial charge in [-0.25, -0.2) is 0 Å². The lowest BCUT2D eigenvalue weighted by atomic mass is 9.99. The summed E-state index contributed by atoms with van der Waals surface area (Å²) in [4.78, 5) is 0. The average molecular weight is 379 g/mol. The van der Waals surface area contributed by atoms with Crippen molar-refractivity contribution in [3.8, 4) is 0 Å². The minimum Gasteiger partial charge on any atom is -0.306 e. The number of hydrogen-bond acceptors (Lipinski definition) is 2. The fourth-order valence-corrected chi connectivity index (χ4v) is 4.03. The molecular formula is C14H14BrCl2NS. The number of halogens is 3. The molecule has 2 aromatic rings. The van der Waals surface area contributed by atoms with E-state index in [0.29, 0.717) is 4.34 Å². The Morgan fingerprint density at radius 2 is 2.00 bits per heavy atom. The Hall–Kier alpha value is -0.0600. The first-order valence-corrected chi connectivity index (χ1v) is 8.33. The van der Waals surface area contributed by atoms with Gasteiger partial charge in [-0.1, -0.05) is 63.8 Å². The normalized spacial score (nSPS) is 12.7. The molecule has 0 aliphatic heterocycles. The standard InChI is InChI=1S/C14H14BrCl2NS/c1-3-18-13(10-7-12(16)19-14(10)17)9-6-8(2)4-5-11(9)15/h4-7,13,18H,3H2,1-2H3. The van der Waals surface area contributed by atoms with Crippen LogP contribution in [0, 0.1) is 6.92 Å². The van der Waals surface area contributed by atoms with Crippen LogP contribution in [-0.4, -0.2) is 6.54 Å². The molecule has 19 heavy (non-hydrogen) atoms. The lowest BCUT2D eigenvalue weighted by Gasteiger charge is -2.20.